The third-order valence-corrected chi connectivity index (χ3v) is 2.80. The molecule has 0 aliphatic carbocycles. The molecule has 0 saturated carbocycles. The second-order valence-electron chi connectivity index (χ2n) is 4.57. The summed E-state index contributed by atoms with van der Waals surface area (Å²) in [5, 5.41) is 21.9. The largest absolute Gasteiger partial charge is 0.480 e. The zero-order valence-electron chi connectivity index (χ0n) is 12.4. The molecule has 9 heteroatoms. The highest BCUT2D eigenvalue weighted by Crippen LogP contribution is 2.13. The molecule has 0 unspecified atom stereocenters. The van der Waals surface area contributed by atoms with Crippen molar-refractivity contribution < 1.29 is 29.2 Å². The fourth-order valence-corrected chi connectivity index (χ4v) is 1.80. The number of esters is 1. The van der Waals surface area contributed by atoms with Crippen molar-refractivity contribution in [3.05, 3.63) is 39.9 Å². The summed E-state index contributed by atoms with van der Waals surface area (Å²) in [4.78, 5) is 44.3. The number of hydrogen-bond acceptors (Lipinski definition) is 6. The molecule has 0 bridgehead atoms. The van der Waals surface area contributed by atoms with E-state index in [-0.39, 0.29) is 18.7 Å². The van der Waals surface area contributed by atoms with Crippen LogP contribution in [-0.4, -0.2) is 40.5 Å². The predicted molar refractivity (Wildman–Crippen MR) is 77.6 cm³/mol. The minimum absolute atomic E-state index is 0.104. The molecule has 1 aromatic rings. The van der Waals surface area contributed by atoms with Gasteiger partial charge >= 0.3 is 11.9 Å². The summed E-state index contributed by atoms with van der Waals surface area (Å²) in [6.07, 6.45) is -0.738. The average Bonchev–Trinajstić information content (AvgIpc) is 2.46. The van der Waals surface area contributed by atoms with Crippen LogP contribution >= 0.6 is 0 Å². The maximum Gasteiger partial charge on any atom is 0.326 e. The molecule has 0 spiro atoms. The number of nitro groups is 1. The van der Waals surface area contributed by atoms with Crippen LogP contribution in [0.15, 0.2) is 24.3 Å². The lowest BCUT2D eigenvalue weighted by atomic mass is 10.1. The Morgan fingerprint density at radius 1 is 1.39 bits per heavy atom. The van der Waals surface area contributed by atoms with Gasteiger partial charge < -0.3 is 15.2 Å². The summed E-state index contributed by atoms with van der Waals surface area (Å²) >= 11 is 0. The number of carbonyl (C=O) groups is 3. The van der Waals surface area contributed by atoms with Gasteiger partial charge in [0.25, 0.3) is 5.69 Å². The number of nitrogens with one attached hydrogen (secondary N) is 1. The molecule has 23 heavy (non-hydrogen) atoms. The van der Waals surface area contributed by atoms with Crippen molar-refractivity contribution in [2.24, 2.45) is 0 Å². The highest BCUT2D eigenvalue weighted by molar-refractivity contribution is 5.88. The lowest BCUT2D eigenvalue weighted by Crippen LogP contribution is -2.43. The van der Waals surface area contributed by atoms with Crippen LogP contribution in [0.1, 0.15) is 18.9 Å². The van der Waals surface area contributed by atoms with E-state index in [4.69, 9.17) is 5.11 Å². The first-order valence-corrected chi connectivity index (χ1v) is 6.74. The van der Waals surface area contributed by atoms with Gasteiger partial charge in [-0.15, -0.1) is 0 Å². The number of carboxylic acids is 1. The van der Waals surface area contributed by atoms with Crippen molar-refractivity contribution in [1.82, 2.24) is 5.32 Å². The number of carbonyl (C=O) groups excluding carboxylic acids is 2. The molecule has 0 aliphatic heterocycles. The van der Waals surface area contributed by atoms with E-state index in [0.717, 1.165) is 0 Å². The molecule has 0 aliphatic rings. The Labute approximate surface area is 131 Å². The van der Waals surface area contributed by atoms with E-state index in [0.29, 0.717) is 5.56 Å². The minimum Gasteiger partial charge on any atom is -0.480 e. The zero-order chi connectivity index (χ0) is 17.4. The van der Waals surface area contributed by atoms with Gasteiger partial charge in [0.15, 0.2) is 0 Å². The van der Waals surface area contributed by atoms with E-state index in [1.165, 1.54) is 24.3 Å². The van der Waals surface area contributed by atoms with Crippen LogP contribution in [0.2, 0.25) is 0 Å². The summed E-state index contributed by atoms with van der Waals surface area (Å²) in [5.41, 5.74) is 0.189. The molecule has 1 amide bonds. The molecule has 9 nitrogen and oxygen atoms in total. The van der Waals surface area contributed by atoms with Gasteiger partial charge in [0.2, 0.25) is 5.91 Å². The van der Waals surface area contributed by atoms with Gasteiger partial charge in [0.1, 0.15) is 6.04 Å². The third-order valence-electron chi connectivity index (χ3n) is 2.80. The van der Waals surface area contributed by atoms with E-state index >= 15 is 0 Å². The van der Waals surface area contributed by atoms with Crippen molar-refractivity contribution in [2.45, 2.75) is 25.8 Å². The van der Waals surface area contributed by atoms with Gasteiger partial charge in [-0.05, 0) is 12.5 Å². The molecule has 124 valence electrons. The SMILES string of the molecule is CCOC(=O)C[C@H](NC(=O)Cc1cccc([N+](=O)[O-])c1)C(=O)O. The van der Waals surface area contributed by atoms with Gasteiger partial charge in [-0.1, -0.05) is 12.1 Å². The van der Waals surface area contributed by atoms with E-state index in [1.54, 1.807) is 6.92 Å². The molecule has 1 aromatic carbocycles. The van der Waals surface area contributed by atoms with Gasteiger partial charge in [-0.2, -0.15) is 0 Å². The number of amides is 1. The summed E-state index contributed by atoms with van der Waals surface area (Å²) in [6, 6.07) is 4.02. The molecule has 2 N–H and O–H groups in total. The maximum absolute atomic E-state index is 11.9. The van der Waals surface area contributed by atoms with Crippen LogP contribution in [0, 0.1) is 10.1 Å². The smallest absolute Gasteiger partial charge is 0.326 e. The number of nitrogens with zero attached hydrogens (tertiary/aromatic N) is 1. The topological polar surface area (TPSA) is 136 Å². The zero-order valence-corrected chi connectivity index (χ0v) is 12.4. The Kier molecular flexibility index (Phi) is 6.66. The first-order chi connectivity index (χ1) is 10.8. The van der Waals surface area contributed by atoms with Gasteiger partial charge in [-0.3, -0.25) is 19.7 Å². The van der Waals surface area contributed by atoms with Gasteiger partial charge in [0, 0.05) is 12.1 Å². The fourth-order valence-electron chi connectivity index (χ4n) is 1.80. The van der Waals surface area contributed by atoms with Crippen LogP contribution < -0.4 is 5.32 Å². The Bertz CT molecular complexity index is 615. The number of aliphatic carboxylic acids is 1. The Morgan fingerprint density at radius 2 is 2.09 bits per heavy atom. The van der Waals surface area contributed by atoms with E-state index < -0.39 is 35.2 Å². The van der Waals surface area contributed by atoms with Crippen molar-refractivity contribution in [2.75, 3.05) is 6.61 Å². The van der Waals surface area contributed by atoms with Gasteiger partial charge in [0.05, 0.1) is 24.4 Å². The first kappa shape index (κ1) is 18.1. The number of hydrogen-bond donors (Lipinski definition) is 2. The van der Waals surface area contributed by atoms with Gasteiger partial charge in [-0.25, -0.2) is 4.79 Å². The molecule has 0 fully saturated rings. The minimum atomic E-state index is -1.42. The molecule has 0 heterocycles. The highest BCUT2D eigenvalue weighted by atomic mass is 16.6. The summed E-state index contributed by atoms with van der Waals surface area (Å²) in [6.45, 7) is 1.68. The Morgan fingerprint density at radius 3 is 2.65 bits per heavy atom. The quantitative estimate of drug-likeness (QED) is 0.407. The van der Waals surface area contributed by atoms with Crippen LogP contribution in [0.4, 0.5) is 5.69 Å². The molecule has 0 aromatic heterocycles. The van der Waals surface area contributed by atoms with Crippen molar-refractivity contribution >= 4 is 23.5 Å². The number of carboxylic acid groups (broad SMARTS) is 1. The summed E-state index contributed by atoms with van der Waals surface area (Å²) in [5.74, 6) is -2.77. The molecule has 1 atom stereocenters. The standard InChI is InChI=1S/C14H16N2O7/c1-2-23-13(18)8-11(14(19)20)15-12(17)7-9-4-3-5-10(6-9)16(21)22/h3-6,11H,2,7-8H2,1H3,(H,15,17)(H,19,20)/t11-/m0/s1. The van der Waals surface area contributed by atoms with Crippen LogP contribution in [0.3, 0.4) is 0 Å². The van der Waals surface area contributed by atoms with Crippen molar-refractivity contribution in [1.29, 1.82) is 0 Å². The number of rotatable bonds is 8. The lowest BCUT2D eigenvalue weighted by Gasteiger charge is -2.13. The second kappa shape index (κ2) is 8.47. The summed E-state index contributed by atoms with van der Waals surface area (Å²) in [7, 11) is 0. The molecule has 0 radical (unpaired) electrons. The molecular weight excluding hydrogens is 308 g/mol. The van der Waals surface area contributed by atoms with Crippen molar-refractivity contribution in [3.63, 3.8) is 0 Å². The van der Waals surface area contributed by atoms with Crippen LogP contribution in [0.25, 0.3) is 0 Å². The van der Waals surface area contributed by atoms with Crippen molar-refractivity contribution in [3.8, 4) is 0 Å². The average molecular weight is 324 g/mol. The second-order valence-corrected chi connectivity index (χ2v) is 4.57. The van der Waals surface area contributed by atoms with E-state index in [2.05, 4.69) is 10.1 Å². The number of ether oxygens (including phenoxy) is 1. The van der Waals surface area contributed by atoms with Crippen LogP contribution in [-0.2, 0) is 25.5 Å². The fraction of sp³-hybridized carbons (Fsp3) is 0.357. The normalized spacial score (nSPS) is 11.3. The maximum atomic E-state index is 11.9. The lowest BCUT2D eigenvalue weighted by molar-refractivity contribution is -0.384. The summed E-state index contributed by atoms with van der Waals surface area (Å²) < 4.78 is 4.64. The first-order valence-electron chi connectivity index (χ1n) is 6.74. The predicted octanol–water partition coefficient (Wildman–Crippen LogP) is 0.660. The molecular formula is C14H16N2O7. The number of non-ortho nitro benzene ring substituents is 1. The Hall–Kier alpha value is -2.97. The van der Waals surface area contributed by atoms with Crippen LogP contribution in [0.5, 0.6) is 0 Å². The molecule has 1 rings (SSSR count). The number of benzene rings is 1. The monoisotopic (exact) mass is 324 g/mol. The van der Waals surface area contributed by atoms with E-state index in [9.17, 15) is 24.5 Å². The van der Waals surface area contributed by atoms with E-state index in [1.807, 2.05) is 0 Å². The molecule has 0 saturated heterocycles. The highest BCUT2D eigenvalue weighted by Gasteiger charge is 2.24. The third kappa shape index (κ3) is 6.12. The number of nitro benzene ring substituents is 1. The Balaban J connectivity index is 2.69.